The Bertz CT molecular complexity index is 863. The van der Waals surface area contributed by atoms with Crippen LogP contribution in [0.4, 0.5) is 5.69 Å². The average molecular weight is 395 g/mol. The molecule has 7 nitrogen and oxygen atoms in total. The highest BCUT2D eigenvalue weighted by Crippen LogP contribution is 2.29. The fraction of sp³-hybridized carbons (Fsp3) is 0.364. The molecule has 2 aliphatic rings. The van der Waals surface area contributed by atoms with Gasteiger partial charge in [-0.15, -0.1) is 0 Å². The average Bonchev–Trinajstić information content (AvgIpc) is 2.74. The van der Waals surface area contributed by atoms with Crippen LogP contribution in [0.1, 0.15) is 17.5 Å². The van der Waals surface area contributed by atoms with Crippen molar-refractivity contribution in [1.29, 1.82) is 0 Å². The van der Waals surface area contributed by atoms with E-state index < -0.39 is 6.10 Å². The van der Waals surface area contributed by atoms with Crippen LogP contribution in [0.3, 0.4) is 0 Å². The Labute approximate surface area is 170 Å². The van der Waals surface area contributed by atoms with Gasteiger partial charge in [-0.2, -0.15) is 0 Å². The van der Waals surface area contributed by atoms with Crippen molar-refractivity contribution in [2.45, 2.75) is 25.6 Å². The molecule has 29 heavy (non-hydrogen) atoms. The van der Waals surface area contributed by atoms with Gasteiger partial charge in [0.25, 0.3) is 5.91 Å². The van der Waals surface area contributed by atoms with Crippen molar-refractivity contribution in [3.05, 3.63) is 59.7 Å². The molecular formula is C22H25N3O4. The molecule has 1 unspecified atom stereocenters. The number of nitrogens with one attached hydrogen (secondary N) is 2. The van der Waals surface area contributed by atoms with E-state index >= 15 is 0 Å². The zero-order chi connectivity index (χ0) is 20.1. The van der Waals surface area contributed by atoms with Crippen molar-refractivity contribution >= 4 is 17.5 Å². The lowest BCUT2D eigenvalue weighted by Gasteiger charge is -2.26. The lowest BCUT2D eigenvalue weighted by molar-refractivity contribution is -0.130. The van der Waals surface area contributed by atoms with Gasteiger partial charge < -0.3 is 20.1 Å². The summed E-state index contributed by atoms with van der Waals surface area (Å²) in [6, 6.07) is 15.4. The maximum Gasteiger partial charge on any atom is 0.266 e. The zero-order valence-corrected chi connectivity index (χ0v) is 16.2. The standard InChI is InChI=1S/C22H25N3O4/c26-21(13-20-22(27)24-18-3-1-2-4-19(18)29-20)23-14-16-5-7-17(8-6-16)15-25-9-11-28-12-10-25/h1-8,20H,9-15H2,(H,23,26)(H,24,27). The van der Waals surface area contributed by atoms with E-state index in [4.69, 9.17) is 9.47 Å². The number of amides is 2. The summed E-state index contributed by atoms with van der Waals surface area (Å²) < 4.78 is 11.0. The Morgan fingerprint density at radius 1 is 1.07 bits per heavy atom. The summed E-state index contributed by atoms with van der Waals surface area (Å²) in [5.41, 5.74) is 2.89. The molecule has 0 bridgehead atoms. The maximum atomic E-state index is 12.3. The molecule has 152 valence electrons. The van der Waals surface area contributed by atoms with E-state index in [0.717, 1.165) is 38.4 Å². The smallest absolute Gasteiger partial charge is 0.266 e. The van der Waals surface area contributed by atoms with Crippen LogP contribution in [0, 0.1) is 0 Å². The number of anilines is 1. The zero-order valence-electron chi connectivity index (χ0n) is 16.2. The van der Waals surface area contributed by atoms with Crippen molar-refractivity contribution in [3.63, 3.8) is 0 Å². The Hall–Kier alpha value is -2.90. The van der Waals surface area contributed by atoms with Crippen LogP contribution in [0.15, 0.2) is 48.5 Å². The van der Waals surface area contributed by atoms with Crippen LogP contribution in [0.5, 0.6) is 5.75 Å². The van der Waals surface area contributed by atoms with E-state index in [0.29, 0.717) is 18.0 Å². The van der Waals surface area contributed by atoms with Crippen molar-refractivity contribution in [2.24, 2.45) is 0 Å². The monoisotopic (exact) mass is 395 g/mol. The summed E-state index contributed by atoms with van der Waals surface area (Å²) in [5.74, 6) is 0.0639. The Morgan fingerprint density at radius 3 is 2.59 bits per heavy atom. The summed E-state index contributed by atoms with van der Waals surface area (Å²) in [4.78, 5) is 26.8. The molecule has 1 saturated heterocycles. The van der Waals surface area contributed by atoms with Crippen LogP contribution in [0.2, 0.25) is 0 Å². The maximum absolute atomic E-state index is 12.3. The van der Waals surface area contributed by atoms with E-state index in [1.54, 1.807) is 12.1 Å². The number of para-hydroxylation sites is 2. The molecule has 2 heterocycles. The normalized spacial score (nSPS) is 19.0. The first-order valence-electron chi connectivity index (χ1n) is 9.88. The Morgan fingerprint density at radius 2 is 1.79 bits per heavy atom. The molecular weight excluding hydrogens is 370 g/mol. The third kappa shape index (κ3) is 5.13. The second-order valence-corrected chi connectivity index (χ2v) is 7.28. The predicted molar refractivity (Wildman–Crippen MR) is 108 cm³/mol. The first kappa shape index (κ1) is 19.4. The predicted octanol–water partition coefficient (Wildman–Crippen LogP) is 1.92. The highest BCUT2D eigenvalue weighted by molar-refractivity contribution is 5.99. The second-order valence-electron chi connectivity index (χ2n) is 7.28. The lowest BCUT2D eigenvalue weighted by atomic mass is 10.1. The van der Waals surface area contributed by atoms with Gasteiger partial charge in [-0.25, -0.2) is 0 Å². The minimum atomic E-state index is -0.819. The van der Waals surface area contributed by atoms with Crippen LogP contribution < -0.4 is 15.4 Å². The fourth-order valence-electron chi connectivity index (χ4n) is 3.45. The van der Waals surface area contributed by atoms with E-state index in [1.165, 1.54) is 5.56 Å². The number of fused-ring (bicyclic) bond motifs is 1. The molecule has 2 N–H and O–H groups in total. The molecule has 0 radical (unpaired) electrons. The number of benzene rings is 2. The van der Waals surface area contributed by atoms with Gasteiger partial charge in [-0.05, 0) is 23.3 Å². The summed E-state index contributed by atoms with van der Waals surface area (Å²) >= 11 is 0. The quantitative estimate of drug-likeness (QED) is 0.781. The van der Waals surface area contributed by atoms with Crippen molar-refractivity contribution in [2.75, 3.05) is 31.6 Å². The minimum absolute atomic E-state index is 0.0186. The molecule has 0 spiro atoms. The van der Waals surface area contributed by atoms with Gasteiger partial charge >= 0.3 is 0 Å². The lowest BCUT2D eigenvalue weighted by Crippen LogP contribution is -2.40. The number of ether oxygens (including phenoxy) is 2. The van der Waals surface area contributed by atoms with Crippen molar-refractivity contribution < 1.29 is 19.1 Å². The largest absolute Gasteiger partial charge is 0.478 e. The molecule has 2 aromatic carbocycles. The highest BCUT2D eigenvalue weighted by Gasteiger charge is 2.29. The van der Waals surface area contributed by atoms with E-state index in [9.17, 15) is 9.59 Å². The Kier molecular flexibility index (Phi) is 6.07. The third-order valence-corrected chi connectivity index (χ3v) is 5.10. The van der Waals surface area contributed by atoms with Gasteiger partial charge in [0.05, 0.1) is 25.3 Å². The van der Waals surface area contributed by atoms with Gasteiger partial charge in [0.15, 0.2) is 6.10 Å². The van der Waals surface area contributed by atoms with Gasteiger partial charge in [0.2, 0.25) is 5.91 Å². The van der Waals surface area contributed by atoms with E-state index in [2.05, 4.69) is 27.7 Å². The molecule has 1 fully saturated rings. The number of hydrogen-bond acceptors (Lipinski definition) is 5. The topological polar surface area (TPSA) is 79.9 Å². The van der Waals surface area contributed by atoms with Gasteiger partial charge in [0, 0.05) is 26.2 Å². The molecule has 0 aromatic heterocycles. The van der Waals surface area contributed by atoms with Crippen LogP contribution in [-0.4, -0.2) is 49.1 Å². The minimum Gasteiger partial charge on any atom is -0.478 e. The summed E-state index contributed by atoms with van der Waals surface area (Å²) in [6.07, 6.45) is -0.837. The van der Waals surface area contributed by atoms with E-state index in [-0.39, 0.29) is 18.2 Å². The molecule has 2 amide bonds. The van der Waals surface area contributed by atoms with Crippen molar-refractivity contribution in [1.82, 2.24) is 10.2 Å². The number of hydrogen-bond donors (Lipinski definition) is 2. The fourth-order valence-corrected chi connectivity index (χ4v) is 3.45. The van der Waals surface area contributed by atoms with Gasteiger partial charge in [-0.3, -0.25) is 14.5 Å². The van der Waals surface area contributed by atoms with Gasteiger partial charge in [0.1, 0.15) is 5.75 Å². The van der Waals surface area contributed by atoms with Crippen LogP contribution in [0.25, 0.3) is 0 Å². The number of rotatable bonds is 6. The van der Waals surface area contributed by atoms with E-state index in [1.807, 2.05) is 24.3 Å². The molecule has 2 aromatic rings. The third-order valence-electron chi connectivity index (χ3n) is 5.10. The van der Waals surface area contributed by atoms with Crippen LogP contribution >= 0.6 is 0 Å². The first-order valence-corrected chi connectivity index (χ1v) is 9.88. The number of morpholine rings is 1. The molecule has 7 heteroatoms. The number of carbonyl (C=O) groups is 2. The van der Waals surface area contributed by atoms with Crippen LogP contribution in [-0.2, 0) is 27.4 Å². The SMILES string of the molecule is O=C(CC1Oc2ccccc2NC1=O)NCc1ccc(CN2CCOCC2)cc1. The molecule has 4 rings (SSSR count). The molecule has 1 atom stereocenters. The molecule has 2 aliphatic heterocycles. The molecule has 0 saturated carbocycles. The Balaban J connectivity index is 1.25. The summed E-state index contributed by atoms with van der Waals surface area (Å²) in [5, 5.41) is 5.64. The van der Waals surface area contributed by atoms with Gasteiger partial charge in [-0.1, -0.05) is 36.4 Å². The van der Waals surface area contributed by atoms with Crippen molar-refractivity contribution in [3.8, 4) is 5.75 Å². The second kappa shape index (κ2) is 9.07. The summed E-state index contributed by atoms with van der Waals surface area (Å²) in [7, 11) is 0. The first-order chi connectivity index (χ1) is 14.2. The highest BCUT2D eigenvalue weighted by atomic mass is 16.5. The summed E-state index contributed by atoms with van der Waals surface area (Å²) in [6.45, 7) is 4.82. The molecule has 0 aliphatic carbocycles. The number of carbonyl (C=O) groups excluding carboxylic acids is 2. The number of nitrogens with zero attached hydrogens (tertiary/aromatic N) is 1.